The van der Waals surface area contributed by atoms with Gasteiger partial charge in [0.1, 0.15) is 0 Å². The van der Waals surface area contributed by atoms with E-state index in [4.69, 9.17) is 34.7 Å². The predicted octanol–water partition coefficient (Wildman–Crippen LogP) is 3.82. The number of hydrogen-bond acceptors (Lipinski definition) is 2. The number of nitrogen functional groups attached to an aromatic ring is 2. The van der Waals surface area contributed by atoms with Crippen molar-refractivity contribution in [2.75, 3.05) is 11.5 Å². The Hall–Kier alpha value is -1.38. The molecule has 0 spiro atoms. The quantitative estimate of drug-likeness (QED) is 0.759. The molecule has 2 aromatic carbocycles. The summed E-state index contributed by atoms with van der Waals surface area (Å²) < 4.78 is 0. The molecule has 4 heteroatoms. The fraction of sp³-hybridized carbons (Fsp3) is 0. The van der Waals surface area contributed by atoms with Gasteiger partial charge in [-0.25, -0.2) is 0 Å². The maximum atomic E-state index is 5.98. The Kier molecular flexibility index (Phi) is 2.95. The van der Waals surface area contributed by atoms with Gasteiger partial charge in [0.05, 0.1) is 15.7 Å². The first-order valence-electron chi connectivity index (χ1n) is 4.69. The first-order valence-corrected chi connectivity index (χ1v) is 5.44. The van der Waals surface area contributed by atoms with Crippen LogP contribution in [0.15, 0.2) is 36.4 Å². The topological polar surface area (TPSA) is 52.0 Å². The van der Waals surface area contributed by atoms with E-state index in [0.717, 1.165) is 11.1 Å². The highest BCUT2D eigenvalue weighted by Gasteiger charge is 2.09. The Morgan fingerprint density at radius 1 is 0.938 bits per heavy atom. The Labute approximate surface area is 104 Å². The molecule has 2 rings (SSSR count). The summed E-state index contributed by atoms with van der Waals surface area (Å²) >= 11 is 11.9. The lowest BCUT2D eigenvalue weighted by Gasteiger charge is -2.09. The lowest BCUT2D eigenvalue weighted by atomic mass is 10.0. The summed E-state index contributed by atoms with van der Waals surface area (Å²) in [5.74, 6) is 0. The lowest BCUT2D eigenvalue weighted by Crippen LogP contribution is -1.93. The zero-order chi connectivity index (χ0) is 11.7. The normalized spacial score (nSPS) is 10.4. The van der Waals surface area contributed by atoms with E-state index in [0.29, 0.717) is 21.4 Å². The van der Waals surface area contributed by atoms with Gasteiger partial charge >= 0.3 is 0 Å². The molecule has 4 N–H and O–H groups in total. The van der Waals surface area contributed by atoms with E-state index in [1.54, 1.807) is 6.07 Å². The molecule has 0 radical (unpaired) electrons. The third kappa shape index (κ3) is 1.94. The second kappa shape index (κ2) is 4.24. The van der Waals surface area contributed by atoms with Crippen molar-refractivity contribution in [3.05, 3.63) is 46.4 Å². The van der Waals surface area contributed by atoms with Crippen molar-refractivity contribution in [2.45, 2.75) is 0 Å². The number of rotatable bonds is 1. The van der Waals surface area contributed by atoms with Crippen LogP contribution in [0.2, 0.25) is 10.0 Å². The van der Waals surface area contributed by atoms with Crippen molar-refractivity contribution in [2.24, 2.45) is 0 Å². The van der Waals surface area contributed by atoms with Crippen LogP contribution in [0.4, 0.5) is 11.4 Å². The maximum Gasteiger partial charge on any atom is 0.0827 e. The second-order valence-electron chi connectivity index (χ2n) is 3.45. The molecular formula is C12H10Cl2N2. The molecule has 0 heterocycles. The minimum absolute atomic E-state index is 0.376. The maximum absolute atomic E-state index is 5.98. The minimum Gasteiger partial charge on any atom is -0.399 e. The third-order valence-corrected chi connectivity index (χ3v) is 3.15. The fourth-order valence-electron chi connectivity index (χ4n) is 1.52. The molecule has 0 saturated carbocycles. The summed E-state index contributed by atoms with van der Waals surface area (Å²) in [7, 11) is 0. The molecule has 0 atom stereocenters. The van der Waals surface area contributed by atoms with Crippen molar-refractivity contribution in [1.82, 2.24) is 0 Å². The van der Waals surface area contributed by atoms with Gasteiger partial charge in [0.15, 0.2) is 0 Å². The molecule has 0 fully saturated rings. The summed E-state index contributed by atoms with van der Waals surface area (Å²) in [6, 6.07) is 11.0. The van der Waals surface area contributed by atoms with Crippen LogP contribution in [0, 0.1) is 0 Å². The average molecular weight is 253 g/mol. The van der Waals surface area contributed by atoms with Crippen LogP contribution in [0.3, 0.4) is 0 Å². The van der Waals surface area contributed by atoms with Gasteiger partial charge in [-0.15, -0.1) is 0 Å². The first kappa shape index (κ1) is 11.1. The molecule has 0 amide bonds. The van der Waals surface area contributed by atoms with Gasteiger partial charge in [-0.05, 0) is 23.8 Å². The van der Waals surface area contributed by atoms with Crippen LogP contribution in [0.5, 0.6) is 0 Å². The largest absolute Gasteiger partial charge is 0.399 e. The molecule has 0 unspecified atom stereocenters. The molecule has 0 bridgehead atoms. The fourth-order valence-corrected chi connectivity index (χ4v) is 1.85. The zero-order valence-corrected chi connectivity index (χ0v) is 9.89. The van der Waals surface area contributed by atoms with E-state index in [9.17, 15) is 0 Å². The number of nitrogens with two attached hydrogens (primary N) is 2. The molecule has 0 aromatic heterocycles. The molecule has 0 saturated heterocycles. The van der Waals surface area contributed by atoms with E-state index < -0.39 is 0 Å². The monoisotopic (exact) mass is 252 g/mol. The second-order valence-corrected chi connectivity index (χ2v) is 4.23. The SMILES string of the molecule is Nc1cccc(-c2ccc(Cl)c(Cl)c2N)c1. The van der Waals surface area contributed by atoms with Crippen molar-refractivity contribution >= 4 is 34.6 Å². The van der Waals surface area contributed by atoms with Crippen LogP contribution in [0.25, 0.3) is 11.1 Å². The van der Waals surface area contributed by atoms with Gasteiger partial charge in [0.2, 0.25) is 0 Å². The van der Waals surface area contributed by atoms with Gasteiger partial charge in [-0.1, -0.05) is 41.4 Å². The van der Waals surface area contributed by atoms with Crippen LogP contribution < -0.4 is 11.5 Å². The summed E-state index contributed by atoms with van der Waals surface area (Å²) in [4.78, 5) is 0. The molecule has 2 nitrogen and oxygen atoms in total. The van der Waals surface area contributed by atoms with E-state index >= 15 is 0 Å². The summed E-state index contributed by atoms with van der Waals surface area (Å²) in [5.41, 5.74) is 14.5. The Morgan fingerprint density at radius 2 is 1.69 bits per heavy atom. The summed E-state index contributed by atoms with van der Waals surface area (Å²) in [5, 5.41) is 0.827. The Morgan fingerprint density at radius 3 is 2.38 bits per heavy atom. The van der Waals surface area contributed by atoms with E-state index in [1.165, 1.54) is 0 Å². The highest BCUT2D eigenvalue weighted by atomic mass is 35.5. The highest BCUT2D eigenvalue weighted by Crippen LogP contribution is 2.36. The molecule has 0 aliphatic heterocycles. The van der Waals surface area contributed by atoms with E-state index in [2.05, 4.69) is 0 Å². The molecular weight excluding hydrogens is 243 g/mol. The molecule has 0 aliphatic carbocycles. The Balaban J connectivity index is 2.61. The van der Waals surface area contributed by atoms with Gasteiger partial charge < -0.3 is 11.5 Å². The van der Waals surface area contributed by atoms with Crippen LogP contribution in [-0.2, 0) is 0 Å². The zero-order valence-electron chi connectivity index (χ0n) is 8.37. The summed E-state index contributed by atoms with van der Waals surface area (Å²) in [6.07, 6.45) is 0. The average Bonchev–Trinajstić information content (AvgIpc) is 2.26. The standard InChI is InChI=1S/C12H10Cl2N2/c13-10-5-4-9(12(16)11(10)14)7-2-1-3-8(15)6-7/h1-6H,15-16H2. The highest BCUT2D eigenvalue weighted by molar-refractivity contribution is 6.44. The minimum atomic E-state index is 0.376. The van der Waals surface area contributed by atoms with Crippen LogP contribution >= 0.6 is 23.2 Å². The van der Waals surface area contributed by atoms with Crippen molar-refractivity contribution in [1.29, 1.82) is 0 Å². The predicted molar refractivity (Wildman–Crippen MR) is 70.7 cm³/mol. The number of hydrogen-bond donors (Lipinski definition) is 2. The third-order valence-electron chi connectivity index (χ3n) is 2.33. The van der Waals surface area contributed by atoms with Crippen LogP contribution in [-0.4, -0.2) is 0 Å². The molecule has 82 valence electrons. The van der Waals surface area contributed by atoms with Gasteiger partial charge in [0, 0.05) is 11.3 Å². The number of anilines is 2. The molecule has 0 aliphatic rings. The van der Waals surface area contributed by atoms with Crippen molar-refractivity contribution in [3.63, 3.8) is 0 Å². The van der Waals surface area contributed by atoms with Crippen molar-refractivity contribution < 1.29 is 0 Å². The van der Waals surface area contributed by atoms with Gasteiger partial charge in [-0.2, -0.15) is 0 Å². The van der Waals surface area contributed by atoms with Gasteiger partial charge in [-0.3, -0.25) is 0 Å². The number of halogens is 2. The first-order chi connectivity index (χ1) is 7.59. The van der Waals surface area contributed by atoms with Crippen LogP contribution in [0.1, 0.15) is 0 Å². The summed E-state index contributed by atoms with van der Waals surface area (Å²) in [6.45, 7) is 0. The lowest BCUT2D eigenvalue weighted by molar-refractivity contribution is 1.60. The smallest absolute Gasteiger partial charge is 0.0827 e. The number of benzene rings is 2. The van der Waals surface area contributed by atoms with Crippen molar-refractivity contribution in [3.8, 4) is 11.1 Å². The molecule has 2 aromatic rings. The van der Waals surface area contributed by atoms with E-state index in [1.807, 2.05) is 30.3 Å². The van der Waals surface area contributed by atoms with Gasteiger partial charge in [0.25, 0.3) is 0 Å². The molecule has 16 heavy (non-hydrogen) atoms. The Bertz CT molecular complexity index is 539. The van der Waals surface area contributed by atoms with E-state index in [-0.39, 0.29) is 0 Å².